The van der Waals surface area contributed by atoms with Gasteiger partial charge in [-0.05, 0) is 37.1 Å². The number of piperidine rings is 1. The third-order valence-electron chi connectivity index (χ3n) is 4.43. The molecule has 1 aromatic heterocycles. The molecular weight excluding hydrogens is 340 g/mol. The molecule has 1 saturated carbocycles. The molecule has 0 unspecified atom stereocenters. The van der Waals surface area contributed by atoms with Crippen molar-refractivity contribution in [2.24, 2.45) is 5.41 Å². The molecule has 0 radical (unpaired) electrons. The minimum atomic E-state index is -3.51. The maximum absolute atomic E-state index is 12.3. The first-order valence-electron chi connectivity index (χ1n) is 7.44. The molecule has 1 aliphatic heterocycles. The number of carbonyl (C=O) groups excluding carboxylic acids is 1. The summed E-state index contributed by atoms with van der Waals surface area (Å²) in [5, 5.41) is 10.9. The molecule has 126 valence electrons. The Hall–Kier alpha value is -1.45. The highest BCUT2D eigenvalue weighted by Crippen LogP contribution is 2.47. The van der Waals surface area contributed by atoms with Crippen molar-refractivity contribution in [1.29, 1.82) is 0 Å². The van der Waals surface area contributed by atoms with Crippen molar-refractivity contribution in [2.75, 3.05) is 13.1 Å². The molecule has 1 aliphatic carbocycles. The van der Waals surface area contributed by atoms with Gasteiger partial charge in [-0.25, -0.2) is 13.1 Å². The lowest BCUT2D eigenvalue weighted by atomic mass is 10.0. The van der Waals surface area contributed by atoms with Crippen LogP contribution in [0.2, 0.25) is 0 Å². The summed E-state index contributed by atoms with van der Waals surface area (Å²) < 4.78 is 27.3. The zero-order chi connectivity index (χ0) is 16.7. The number of likely N-dealkylation sites (tertiary alicyclic amines) is 1. The van der Waals surface area contributed by atoms with Crippen LogP contribution in [-0.2, 0) is 19.6 Å². The van der Waals surface area contributed by atoms with Gasteiger partial charge < -0.3 is 10.0 Å². The molecule has 1 aromatic rings. The van der Waals surface area contributed by atoms with Crippen LogP contribution in [0.5, 0.6) is 0 Å². The number of carboxylic acids is 1. The van der Waals surface area contributed by atoms with Crippen LogP contribution in [0.15, 0.2) is 21.7 Å². The second kappa shape index (κ2) is 5.88. The first-order valence-corrected chi connectivity index (χ1v) is 9.80. The molecule has 2 heterocycles. The highest BCUT2D eigenvalue weighted by molar-refractivity contribution is 7.91. The van der Waals surface area contributed by atoms with Gasteiger partial charge in [-0.15, -0.1) is 11.3 Å². The van der Waals surface area contributed by atoms with E-state index >= 15 is 0 Å². The number of thiophene rings is 1. The molecule has 1 amide bonds. The summed E-state index contributed by atoms with van der Waals surface area (Å²) in [4.78, 5) is 25.1. The van der Waals surface area contributed by atoms with Gasteiger partial charge in [-0.1, -0.05) is 6.07 Å². The summed E-state index contributed by atoms with van der Waals surface area (Å²) in [6.07, 6.45) is 1.77. The number of nitrogens with one attached hydrogen (secondary N) is 1. The quantitative estimate of drug-likeness (QED) is 0.761. The Balaban J connectivity index is 1.57. The van der Waals surface area contributed by atoms with Gasteiger partial charge in [-0.3, -0.25) is 9.59 Å². The second-order valence-electron chi connectivity index (χ2n) is 6.01. The fourth-order valence-electron chi connectivity index (χ4n) is 2.84. The van der Waals surface area contributed by atoms with E-state index < -0.39 is 21.4 Å². The summed E-state index contributed by atoms with van der Waals surface area (Å²) in [5.41, 5.74) is -1.22. The van der Waals surface area contributed by atoms with Gasteiger partial charge in [-0.2, -0.15) is 0 Å². The summed E-state index contributed by atoms with van der Waals surface area (Å²) in [6.45, 7) is 0.761. The monoisotopic (exact) mass is 358 g/mol. The SMILES string of the molecule is O=C(O)C1(C(=O)N2CCC(NS(=O)(=O)c3cccs3)CC2)CC1. The molecule has 1 saturated heterocycles. The number of sulfonamides is 1. The number of carbonyl (C=O) groups is 2. The van der Waals surface area contributed by atoms with E-state index in [0.29, 0.717) is 38.8 Å². The van der Waals surface area contributed by atoms with Crippen LogP contribution in [0.25, 0.3) is 0 Å². The van der Waals surface area contributed by atoms with Crippen LogP contribution in [0.1, 0.15) is 25.7 Å². The van der Waals surface area contributed by atoms with Crippen LogP contribution >= 0.6 is 11.3 Å². The van der Waals surface area contributed by atoms with Crippen LogP contribution in [0.3, 0.4) is 0 Å². The van der Waals surface area contributed by atoms with Gasteiger partial charge >= 0.3 is 5.97 Å². The molecule has 0 atom stereocenters. The van der Waals surface area contributed by atoms with Crippen molar-refractivity contribution in [1.82, 2.24) is 9.62 Å². The molecule has 0 bridgehead atoms. The molecular formula is C14H18N2O5S2. The minimum Gasteiger partial charge on any atom is -0.480 e. The van der Waals surface area contributed by atoms with Crippen molar-refractivity contribution in [3.05, 3.63) is 17.5 Å². The van der Waals surface area contributed by atoms with Gasteiger partial charge in [0.15, 0.2) is 0 Å². The summed E-state index contributed by atoms with van der Waals surface area (Å²) in [7, 11) is -3.51. The predicted molar refractivity (Wildman–Crippen MR) is 83.5 cm³/mol. The second-order valence-corrected chi connectivity index (χ2v) is 8.90. The van der Waals surface area contributed by atoms with Gasteiger partial charge in [0.2, 0.25) is 15.9 Å². The van der Waals surface area contributed by atoms with Crippen molar-refractivity contribution in [3.63, 3.8) is 0 Å². The maximum Gasteiger partial charge on any atom is 0.319 e. The van der Waals surface area contributed by atoms with Crippen molar-refractivity contribution < 1.29 is 23.1 Å². The van der Waals surface area contributed by atoms with Crippen LogP contribution in [0.4, 0.5) is 0 Å². The Bertz CT molecular complexity index is 702. The smallest absolute Gasteiger partial charge is 0.319 e. The van der Waals surface area contributed by atoms with E-state index in [0.717, 1.165) is 11.3 Å². The Morgan fingerprint density at radius 2 is 1.96 bits per heavy atom. The van der Waals surface area contributed by atoms with E-state index in [4.69, 9.17) is 0 Å². The molecule has 9 heteroatoms. The lowest BCUT2D eigenvalue weighted by Crippen LogP contribution is -2.49. The zero-order valence-corrected chi connectivity index (χ0v) is 14.0. The van der Waals surface area contributed by atoms with E-state index in [1.54, 1.807) is 22.4 Å². The topological polar surface area (TPSA) is 104 Å². The first kappa shape index (κ1) is 16.4. The Morgan fingerprint density at radius 3 is 2.43 bits per heavy atom. The van der Waals surface area contributed by atoms with Crippen molar-refractivity contribution in [3.8, 4) is 0 Å². The fraction of sp³-hybridized carbons (Fsp3) is 0.571. The number of amides is 1. The van der Waals surface area contributed by atoms with Gasteiger partial charge in [0.25, 0.3) is 0 Å². The van der Waals surface area contributed by atoms with Crippen LogP contribution < -0.4 is 4.72 Å². The lowest BCUT2D eigenvalue weighted by Gasteiger charge is -2.33. The molecule has 0 spiro atoms. The number of rotatable bonds is 5. The Labute approximate surface area is 138 Å². The van der Waals surface area contributed by atoms with E-state index in [1.165, 1.54) is 0 Å². The molecule has 23 heavy (non-hydrogen) atoms. The normalized spacial score (nSPS) is 21.1. The predicted octanol–water partition coefficient (Wildman–Crippen LogP) is 0.882. The number of aliphatic carboxylic acids is 1. The van der Waals surface area contributed by atoms with Crippen molar-refractivity contribution >= 4 is 33.2 Å². The molecule has 7 nitrogen and oxygen atoms in total. The maximum atomic E-state index is 12.3. The average Bonchev–Trinajstić information content (AvgIpc) is 3.13. The van der Waals surface area contributed by atoms with Gasteiger partial charge in [0.05, 0.1) is 0 Å². The number of carboxylic acid groups (broad SMARTS) is 1. The van der Waals surface area contributed by atoms with E-state index in [2.05, 4.69) is 4.72 Å². The van der Waals surface area contributed by atoms with E-state index in [-0.39, 0.29) is 16.2 Å². The molecule has 3 rings (SSSR count). The number of hydrogen-bond acceptors (Lipinski definition) is 5. The summed E-state index contributed by atoms with van der Waals surface area (Å²) >= 11 is 1.16. The highest BCUT2D eigenvalue weighted by atomic mass is 32.2. The molecule has 2 aliphatic rings. The standard InChI is InChI=1S/C14H18N2O5S2/c17-12(14(5-6-14)13(18)19)16-7-3-10(4-8-16)15-23(20,21)11-2-1-9-22-11/h1-2,9-10,15H,3-8H2,(H,18,19). The third kappa shape index (κ3) is 3.13. The molecule has 0 aromatic carbocycles. The largest absolute Gasteiger partial charge is 0.480 e. The zero-order valence-electron chi connectivity index (χ0n) is 12.4. The average molecular weight is 358 g/mol. The van der Waals surface area contributed by atoms with Crippen molar-refractivity contribution in [2.45, 2.75) is 35.9 Å². The Kier molecular flexibility index (Phi) is 4.19. The van der Waals surface area contributed by atoms with Gasteiger partial charge in [0, 0.05) is 19.1 Å². The minimum absolute atomic E-state index is 0.230. The summed E-state index contributed by atoms with van der Waals surface area (Å²) in [5.74, 6) is -1.38. The third-order valence-corrected chi connectivity index (χ3v) is 7.35. The summed E-state index contributed by atoms with van der Waals surface area (Å²) in [6, 6.07) is 3.00. The Morgan fingerprint density at radius 1 is 1.30 bits per heavy atom. The number of hydrogen-bond donors (Lipinski definition) is 2. The van der Waals surface area contributed by atoms with E-state index in [9.17, 15) is 23.1 Å². The molecule has 2 fully saturated rings. The van der Waals surface area contributed by atoms with Crippen LogP contribution in [0, 0.1) is 5.41 Å². The number of nitrogens with zero attached hydrogens (tertiary/aromatic N) is 1. The molecule has 2 N–H and O–H groups in total. The van der Waals surface area contributed by atoms with E-state index in [1.807, 2.05) is 0 Å². The van der Waals surface area contributed by atoms with Gasteiger partial charge in [0.1, 0.15) is 9.62 Å². The van der Waals surface area contributed by atoms with Crippen LogP contribution in [-0.4, -0.2) is 49.4 Å². The first-order chi connectivity index (χ1) is 10.8. The highest BCUT2D eigenvalue weighted by Gasteiger charge is 2.58. The fourth-order valence-corrected chi connectivity index (χ4v) is 5.16. The lowest BCUT2D eigenvalue weighted by molar-refractivity contribution is -0.153.